The number of hydrogen-bond donors (Lipinski definition) is 1. The lowest BCUT2D eigenvalue weighted by Gasteiger charge is -2.27. The number of rotatable bonds is 6. The standard InChI is InChI=1S/C16H21N3O4/c1-10(2)16(4,9-17)18-14(21)8-23-15(22)13-6-12(11(3)20)7-19(13)5/h6-7,10H,8H2,1-5H3,(H,18,21)/t16-/m1/s1. The van der Waals surface area contributed by atoms with Gasteiger partial charge in [0, 0.05) is 18.8 Å². The summed E-state index contributed by atoms with van der Waals surface area (Å²) >= 11 is 0. The zero-order valence-corrected chi connectivity index (χ0v) is 14.0. The number of amides is 1. The van der Waals surface area contributed by atoms with E-state index >= 15 is 0 Å². The number of aryl methyl sites for hydroxylation is 1. The van der Waals surface area contributed by atoms with E-state index in [1.165, 1.54) is 23.8 Å². The van der Waals surface area contributed by atoms with Crippen molar-refractivity contribution in [1.29, 1.82) is 5.26 Å². The van der Waals surface area contributed by atoms with Crippen molar-refractivity contribution in [1.82, 2.24) is 9.88 Å². The van der Waals surface area contributed by atoms with Gasteiger partial charge < -0.3 is 14.6 Å². The predicted molar refractivity (Wildman–Crippen MR) is 82.7 cm³/mol. The van der Waals surface area contributed by atoms with Crippen LogP contribution in [0.1, 0.15) is 48.5 Å². The summed E-state index contributed by atoms with van der Waals surface area (Å²) in [6.45, 7) is 6.12. The fraction of sp³-hybridized carbons (Fsp3) is 0.500. The largest absolute Gasteiger partial charge is 0.451 e. The van der Waals surface area contributed by atoms with Crippen molar-refractivity contribution in [3.63, 3.8) is 0 Å². The minimum absolute atomic E-state index is 0.0989. The van der Waals surface area contributed by atoms with Gasteiger partial charge in [-0.05, 0) is 25.8 Å². The molecule has 1 rings (SSSR count). The van der Waals surface area contributed by atoms with Crippen LogP contribution in [0.2, 0.25) is 0 Å². The van der Waals surface area contributed by atoms with E-state index in [1.807, 2.05) is 19.9 Å². The summed E-state index contributed by atoms with van der Waals surface area (Å²) in [6.07, 6.45) is 1.52. The number of hydrogen-bond acceptors (Lipinski definition) is 5. The fourth-order valence-corrected chi connectivity index (χ4v) is 1.79. The van der Waals surface area contributed by atoms with Crippen molar-refractivity contribution in [2.75, 3.05) is 6.61 Å². The van der Waals surface area contributed by atoms with Gasteiger partial charge in [0.25, 0.3) is 5.91 Å². The molecule has 1 atom stereocenters. The van der Waals surface area contributed by atoms with Crippen LogP contribution in [-0.2, 0) is 16.6 Å². The van der Waals surface area contributed by atoms with E-state index in [9.17, 15) is 14.4 Å². The highest BCUT2D eigenvalue weighted by Crippen LogP contribution is 2.15. The summed E-state index contributed by atoms with van der Waals surface area (Å²) < 4.78 is 6.40. The van der Waals surface area contributed by atoms with Crippen LogP contribution < -0.4 is 5.32 Å². The van der Waals surface area contributed by atoms with Crippen molar-refractivity contribution in [3.8, 4) is 6.07 Å². The molecule has 0 aromatic carbocycles. The molecule has 0 spiro atoms. The number of nitriles is 1. The number of esters is 1. The molecule has 1 amide bonds. The van der Waals surface area contributed by atoms with E-state index in [0.717, 1.165) is 0 Å². The summed E-state index contributed by atoms with van der Waals surface area (Å²) in [5.74, 6) is -1.53. The van der Waals surface area contributed by atoms with Crippen LogP contribution in [0.25, 0.3) is 0 Å². The quantitative estimate of drug-likeness (QED) is 0.631. The van der Waals surface area contributed by atoms with Crippen molar-refractivity contribution < 1.29 is 19.1 Å². The van der Waals surface area contributed by atoms with E-state index in [2.05, 4.69) is 5.32 Å². The van der Waals surface area contributed by atoms with Gasteiger partial charge in [-0.15, -0.1) is 0 Å². The third-order valence-corrected chi connectivity index (χ3v) is 3.74. The molecule has 0 bridgehead atoms. The number of Topliss-reactive ketones (excluding diaryl/α,β-unsaturated/α-hetero) is 1. The Morgan fingerprint density at radius 2 is 2.04 bits per heavy atom. The van der Waals surface area contributed by atoms with Crippen LogP contribution in [0.15, 0.2) is 12.3 Å². The summed E-state index contributed by atoms with van der Waals surface area (Å²) in [5, 5.41) is 11.7. The molecule has 0 fully saturated rings. The maximum atomic E-state index is 12.0. The zero-order valence-electron chi connectivity index (χ0n) is 14.0. The molecule has 7 heteroatoms. The number of aromatic nitrogens is 1. The Bertz CT molecular complexity index is 669. The van der Waals surface area contributed by atoms with Crippen LogP contribution in [0, 0.1) is 17.2 Å². The van der Waals surface area contributed by atoms with Gasteiger partial charge in [-0.25, -0.2) is 4.79 Å². The van der Waals surface area contributed by atoms with Gasteiger partial charge in [0.1, 0.15) is 11.2 Å². The summed E-state index contributed by atoms with van der Waals surface area (Å²) in [5.41, 5.74) is -0.466. The minimum Gasteiger partial charge on any atom is -0.451 e. The lowest BCUT2D eigenvalue weighted by Crippen LogP contribution is -2.50. The molecule has 0 aliphatic rings. The molecular weight excluding hydrogens is 298 g/mol. The smallest absolute Gasteiger partial charge is 0.355 e. The van der Waals surface area contributed by atoms with E-state index in [4.69, 9.17) is 10.00 Å². The Kier molecular flexibility index (Phi) is 5.68. The molecule has 1 aromatic heterocycles. The maximum Gasteiger partial charge on any atom is 0.355 e. The molecule has 23 heavy (non-hydrogen) atoms. The number of nitrogens with zero attached hydrogens (tertiary/aromatic N) is 2. The van der Waals surface area contributed by atoms with Crippen molar-refractivity contribution >= 4 is 17.7 Å². The Labute approximate surface area is 135 Å². The number of carbonyl (C=O) groups is 3. The molecule has 0 saturated carbocycles. The van der Waals surface area contributed by atoms with Crippen molar-refractivity contribution in [3.05, 3.63) is 23.5 Å². The van der Waals surface area contributed by atoms with Crippen LogP contribution in [0.5, 0.6) is 0 Å². The SMILES string of the molecule is CC(=O)c1cc(C(=O)OCC(=O)N[C@](C)(C#N)C(C)C)n(C)c1. The van der Waals surface area contributed by atoms with Crippen LogP contribution >= 0.6 is 0 Å². The van der Waals surface area contributed by atoms with E-state index in [1.54, 1.807) is 14.0 Å². The summed E-state index contributed by atoms with van der Waals surface area (Å²) in [6, 6.07) is 3.45. The maximum absolute atomic E-state index is 12.0. The van der Waals surface area contributed by atoms with Gasteiger partial charge in [-0.2, -0.15) is 5.26 Å². The monoisotopic (exact) mass is 319 g/mol. The third kappa shape index (κ3) is 4.42. The van der Waals surface area contributed by atoms with Gasteiger partial charge in [-0.3, -0.25) is 9.59 Å². The molecule has 0 aliphatic carbocycles. The normalized spacial score (nSPS) is 13.1. The molecule has 7 nitrogen and oxygen atoms in total. The molecule has 1 heterocycles. The summed E-state index contributed by atoms with van der Waals surface area (Å²) in [7, 11) is 1.61. The van der Waals surface area contributed by atoms with E-state index in [0.29, 0.717) is 5.56 Å². The topological polar surface area (TPSA) is 101 Å². The highest BCUT2D eigenvalue weighted by molar-refractivity contribution is 5.98. The van der Waals surface area contributed by atoms with Crippen molar-refractivity contribution in [2.45, 2.75) is 33.2 Å². The second-order valence-electron chi connectivity index (χ2n) is 5.87. The Morgan fingerprint density at radius 3 is 2.48 bits per heavy atom. The average molecular weight is 319 g/mol. The second kappa shape index (κ2) is 7.09. The Hall–Kier alpha value is -2.62. The second-order valence-corrected chi connectivity index (χ2v) is 5.87. The molecular formula is C16H21N3O4. The van der Waals surface area contributed by atoms with E-state index < -0.39 is 24.0 Å². The number of carbonyl (C=O) groups excluding carboxylic acids is 3. The predicted octanol–water partition coefficient (Wildman–Crippen LogP) is 1.44. The lowest BCUT2D eigenvalue weighted by atomic mass is 9.90. The summed E-state index contributed by atoms with van der Waals surface area (Å²) in [4.78, 5) is 35.1. The Balaban J connectivity index is 2.68. The molecule has 0 unspecified atom stereocenters. The van der Waals surface area contributed by atoms with Crippen LogP contribution in [-0.4, -0.2) is 34.4 Å². The van der Waals surface area contributed by atoms with Crippen molar-refractivity contribution in [2.24, 2.45) is 13.0 Å². The number of ketones is 1. The van der Waals surface area contributed by atoms with Crippen LogP contribution in [0.3, 0.4) is 0 Å². The lowest BCUT2D eigenvalue weighted by molar-refractivity contribution is -0.125. The highest BCUT2D eigenvalue weighted by Gasteiger charge is 2.30. The first-order chi connectivity index (χ1) is 10.6. The number of nitrogens with one attached hydrogen (secondary N) is 1. The first-order valence-electron chi connectivity index (χ1n) is 7.17. The van der Waals surface area contributed by atoms with E-state index in [-0.39, 0.29) is 17.4 Å². The molecule has 1 aromatic rings. The van der Waals surface area contributed by atoms with Gasteiger partial charge in [0.05, 0.1) is 6.07 Å². The first kappa shape index (κ1) is 18.4. The molecule has 0 saturated heterocycles. The van der Waals surface area contributed by atoms with Gasteiger partial charge in [-0.1, -0.05) is 13.8 Å². The van der Waals surface area contributed by atoms with Crippen LogP contribution in [0.4, 0.5) is 0 Å². The minimum atomic E-state index is -1.03. The number of ether oxygens (including phenoxy) is 1. The van der Waals surface area contributed by atoms with Gasteiger partial charge in [0.15, 0.2) is 12.4 Å². The molecule has 1 N–H and O–H groups in total. The fourth-order valence-electron chi connectivity index (χ4n) is 1.79. The molecule has 0 radical (unpaired) electrons. The average Bonchev–Trinajstić information content (AvgIpc) is 2.86. The first-order valence-corrected chi connectivity index (χ1v) is 7.17. The molecule has 0 aliphatic heterocycles. The third-order valence-electron chi connectivity index (χ3n) is 3.74. The van der Waals surface area contributed by atoms with Gasteiger partial charge in [0.2, 0.25) is 0 Å². The highest BCUT2D eigenvalue weighted by atomic mass is 16.5. The van der Waals surface area contributed by atoms with Gasteiger partial charge >= 0.3 is 5.97 Å². The Morgan fingerprint density at radius 1 is 1.43 bits per heavy atom. The molecule has 124 valence electrons. The zero-order chi connectivity index (χ0) is 17.8.